The largest absolute Gasteiger partial charge is 0.481 e. The van der Waals surface area contributed by atoms with E-state index in [9.17, 15) is 19.2 Å². The molecular weight excluding hydrogens is 378 g/mol. The Morgan fingerprint density at radius 1 is 1.17 bits per heavy atom. The maximum Gasteiger partial charge on any atom is 0.312 e. The lowest BCUT2D eigenvalue weighted by atomic mass is 10.1. The van der Waals surface area contributed by atoms with E-state index in [2.05, 4.69) is 5.32 Å². The molecule has 2 rings (SSSR count). The van der Waals surface area contributed by atoms with Crippen molar-refractivity contribution < 1.29 is 24.3 Å². The Labute approximate surface area is 168 Å². The number of nitrogen functional groups attached to an aromatic ring is 1. The molecule has 1 atom stereocenters. The number of carbonyl (C=O) groups excluding carboxylic acids is 3. The molecule has 0 aliphatic carbocycles. The molecule has 5 N–H and O–H groups in total. The average molecular weight is 403 g/mol. The topological polar surface area (TPSA) is 157 Å². The molecule has 156 valence electrons. The third-order valence-electron chi connectivity index (χ3n) is 4.69. The number of amides is 3. The van der Waals surface area contributed by atoms with E-state index in [-0.39, 0.29) is 24.7 Å². The Kier molecular flexibility index (Phi) is 7.29. The second kappa shape index (κ2) is 9.67. The van der Waals surface area contributed by atoms with Crippen molar-refractivity contribution in [2.75, 3.05) is 26.2 Å². The predicted octanol–water partition coefficient (Wildman–Crippen LogP) is -0.375. The summed E-state index contributed by atoms with van der Waals surface area (Å²) in [6.45, 7) is 2.86. The second-order valence-corrected chi connectivity index (χ2v) is 6.84. The number of carbonyl (C=O) groups is 4. The van der Waals surface area contributed by atoms with Gasteiger partial charge in [-0.2, -0.15) is 0 Å². The molecule has 1 heterocycles. The lowest BCUT2D eigenvalue weighted by Gasteiger charge is -2.36. The number of aliphatic carboxylic acids is 1. The molecule has 1 saturated heterocycles. The Hall–Kier alpha value is -3.43. The first-order valence-electron chi connectivity index (χ1n) is 9.25. The van der Waals surface area contributed by atoms with E-state index in [1.54, 1.807) is 31.2 Å². The molecule has 0 saturated carbocycles. The highest BCUT2D eigenvalue weighted by Gasteiger charge is 2.35. The number of nitrogens with one attached hydrogen (secondary N) is 2. The number of benzene rings is 1. The number of nitrogens with two attached hydrogens (primary N) is 1. The molecule has 10 heteroatoms. The summed E-state index contributed by atoms with van der Waals surface area (Å²) in [6, 6.07) is 5.79. The van der Waals surface area contributed by atoms with Crippen molar-refractivity contribution in [1.29, 1.82) is 5.41 Å². The summed E-state index contributed by atoms with van der Waals surface area (Å²) in [4.78, 5) is 50.1. The van der Waals surface area contributed by atoms with Crippen LogP contribution in [0.1, 0.15) is 35.7 Å². The first-order chi connectivity index (χ1) is 13.7. The van der Waals surface area contributed by atoms with Crippen LogP contribution in [0, 0.1) is 5.41 Å². The van der Waals surface area contributed by atoms with Crippen molar-refractivity contribution in [2.45, 2.75) is 25.8 Å². The molecule has 29 heavy (non-hydrogen) atoms. The highest BCUT2D eigenvalue weighted by molar-refractivity contribution is 6.35. The molecule has 1 aliphatic heterocycles. The Morgan fingerprint density at radius 3 is 2.38 bits per heavy atom. The van der Waals surface area contributed by atoms with E-state index < -0.39 is 23.8 Å². The summed E-state index contributed by atoms with van der Waals surface area (Å²) in [5, 5.41) is 18.9. The Morgan fingerprint density at radius 2 is 1.79 bits per heavy atom. The number of piperazine rings is 1. The van der Waals surface area contributed by atoms with Crippen molar-refractivity contribution in [3.63, 3.8) is 0 Å². The van der Waals surface area contributed by atoms with Crippen molar-refractivity contribution in [1.82, 2.24) is 15.1 Å². The SMILES string of the molecule is CC(CC(=O)O)N1CCN(CCCNC(=O)c2ccc(C(=N)N)cc2)C(=O)C1=O. The van der Waals surface area contributed by atoms with E-state index >= 15 is 0 Å². The number of nitrogens with zero attached hydrogens (tertiary/aromatic N) is 2. The highest BCUT2D eigenvalue weighted by Crippen LogP contribution is 2.12. The first-order valence-corrected chi connectivity index (χ1v) is 9.25. The van der Waals surface area contributed by atoms with E-state index in [4.69, 9.17) is 16.2 Å². The zero-order chi connectivity index (χ0) is 21.6. The van der Waals surface area contributed by atoms with Crippen LogP contribution >= 0.6 is 0 Å². The zero-order valence-corrected chi connectivity index (χ0v) is 16.2. The van der Waals surface area contributed by atoms with Crippen molar-refractivity contribution >= 4 is 29.5 Å². The van der Waals surface area contributed by atoms with Gasteiger partial charge in [-0.25, -0.2) is 0 Å². The standard InChI is InChI=1S/C19H25N5O5/c1-12(11-15(25)26)24-10-9-23(18(28)19(24)29)8-2-7-22-17(27)14-5-3-13(4-6-14)16(20)21/h3-6,12H,2,7-11H2,1H3,(H3,20,21)(H,22,27)(H,25,26). The van der Waals surface area contributed by atoms with Gasteiger partial charge in [-0.3, -0.25) is 24.6 Å². The fourth-order valence-electron chi connectivity index (χ4n) is 3.06. The van der Waals surface area contributed by atoms with Gasteiger partial charge in [-0.1, -0.05) is 12.1 Å². The molecule has 1 fully saturated rings. The summed E-state index contributed by atoms with van der Waals surface area (Å²) in [7, 11) is 0. The van der Waals surface area contributed by atoms with E-state index in [1.807, 2.05) is 0 Å². The molecule has 1 aromatic carbocycles. The van der Waals surface area contributed by atoms with E-state index in [0.29, 0.717) is 37.2 Å². The number of carboxylic acids is 1. The van der Waals surface area contributed by atoms with Crippen LogP contribution in [-0.4, -0.2) is 76.7 Å². The van der Waals surface area contributed by atoms with Crippen LogP contribution < -0.4 is 11.1 Å². The average Bonchev–Trinajstić information content (AvgIpc) is 2.67. The minimum absolute atomic E-state index is 0.0753. The fraction of sp³-hybridized carbons (Fsp3) is 0.421. The van der Waals surface area contributed by atoms with Gasteiger partial charge in [0.05, 0.1) is 6.42 Å². The number of hydrogen-bond acceptors (Lipinski definition) is 5. The van der Waals surface area contributed by atoms with E-state index in [1.165, 1.54) is 9.80 Å². The lowest BCUT2D eigenvalue weighted by Crippen LogP contribution is -2.57. The van der Waals surface area contributed by atoms with Gasteiger partial charge >= 0.3 is 17.8 Å². The van der Waals surface area contributed by atoms with Gasteiger partial charge in [-0.15, -0.1) is 0 Å². The van der Waals surface area contributed by atoms with Gasteiger partial charge in [0.1, 0.15) is 5.84 Å². The third-order valence-corrected chi connectivity index (χ3v) is 4.69. The van der Waals surface area contributed by atoms with E-state index in [0.717, 1.165) is 0 Å². The molecule has 0 spiro atoms. The molecular formula is C19H25N5O5. The molecule has 1 aromatic rings. The monoisotopic (exact) mass is 403 g/mol. The van der Waals surface area contributed by atoms with Gasteiger partial charge in [0, 0.05) is 43.3 Å². The summed E-state index contributed by atoms with van der Waals surface area (Å²) in [5.41, 5.74) is 6.34. The maximum atomic E-state index is 12.2. The maximum absolute atomic E-state index is 12.2. The van der Waals surface area contributed by atoms with Crippen LogP contribution in [0.2, 0.25) is 0 Å². The highest BCUT2D eigenvalue weighted by atomic mass is 16.4. The third kappa shape index (κ3) is 5.77. The van der Waals surface area contributed by atoms with Crippen LogP contribution in [0.5, 0.6) is 0 Å². The van der Waals surface area contributed by atoms with Crippen molar-refractivity contribution in [2.24, 2.45) is 5.73 Å². The minimum atomic E-state index is -1.02. The Bertz CT molecular complexity index is 808. The molecule has 1 aliphatic rings. The number of amidine groups is 1. The molecule has 0 bridgehead atoms. The van der Waals surface area contributed by atoms with Crippen LogP contribution in [0.4, 0.5) is 0 Å². The fourth-order valence-corrected chi connectivity index (χ4v) is 3.06. The quantitative estimate of drug-likeness (QED) is 0.191. The molecule has 1 unspecified atom stereocenters. The predicted molar refractivity (Wildman–Crippen MR) is 104 cm³/mol. The normalized spacial score (nSPS) is 15.2. The van der Waals surface area contributed by atoms with Gasteiger partial charge in [0.25, 0.3) is 5.91 Å². The Balaban J connectivity index is 1.77. The number of carboxylic acid groups (broad SMARTS) is 1. The number of hydrogen-bond donors (Lipinski definition) is 4. The smallest absolute Gasteiger partial charge is 0.312 e. The second-order valence-electron chi connectivity index (χ2n) is 6.84. The molecule has 0 radical (unpaired) electrons. The van der Waals surface area contributed by atoms with Gasteiger partial charge in [0.15, 0.2) is 0 Å². The summed E-state index contributed by atoms with van der Waals surface area (Å²) < 4.78 is 0. The zero-order valence-electron chi connectivity index (χ0n) is 16.2. The van der Waals surface area contributed by atoms with Gasteiger partial charge in [-0.05, 0) is 25.5 Å². The van der Waals surface area contributed by atoms with Gasteiger partial charge < -0.3 is 26.0 Å². The summed E-state index contributed by atoms with van der Waals surface area (Å²) in [6.07, 6.45) is 0.263. The summed E-state index contributed by atoms with van der Waals surface area (Å²) in [5.74, 6) is -2.73. The van der Waals surface area contributed by atoms with Crippen LogP contribution in [0.3, 0.4) is 0 Å². The van der Waals surface area contributed by atoms with Crippen molar-refractivity contribution in [3.05, 3.63) is 35.4 Å². The minimum Gasteiger partial charge on any atom is -0.481 e. The molecule has 0 aromatic heterocycles. The lowest BCUT2D eigenvalue weighted by molar-refractivity contribution is -0.158. The van der Waals surface area contributed by atoms with Crippen LogP contribution in [0.15, 0.2) is 24.3 Å². The van der Waals surface area contributed by atoms with Crippen molar-refractivity contribution in [3.8, 4) is 0 Å². The first kappa shape index (κ1) is 21.9. The van der Waals surface area contributed by atoms with Gasteiger partial charge in [0.2, 0.25) is 0 Å². The van der Waals surface area contributed by atoms with Crippen LogP contribution in [-0.2, 0) is 14.4 Å². The summed E-state index contributed by atoms with van der Waals surface area (Å²) >= 11 is 0. The molecule has 3 amide bonds. The van der Waals surface area contributed by atoms with Crippen LogP contribution in [0.25, 0.3) is 0 Å². The molecule has 10 nitrogen and oxygen atoms in total. The number of rotatable bonds is 9.